The van der Waals surface area contributed by atoms with Gasteiger partial charge in [0.25, 0.3) is 5.91 Å². The van der Waals surface area contributed by atoms with Gasteiger partial charge in [-0.1, -0.05) is 0 Å². The number of rotatable bonds is 6. The number of aryl methyl sites for hydroxylation is 1. The lowest BCUT2D eigenvalue weighted by Gasteiger charge is -2.12. The molecule has 2 heterocycles. The molecular formula is C18H20N4O3S. The molecule has 1 N–H and O–H groups in total. The summed E-state index contributed by atoms with van der Waals surface area (Å²) in [7, 11) is 3.16. The molecule has 1 saturated heterocycles. The van der Waals surface area contributed by atoms with E-state index in [1.54, 1.807) is 32.6 Å². The number of hydrogen-bond acceptors (Lipinski definition) is 5. The molecule has 1 fully saturated rings. The number of ether oxygens (including phenoxy) is 2. The van der Waals surface area contributed by atoms with Crippen molar-refractivity contribution < 1.29 is 14.3 Å². The summed E-state index contributed by atoms with van der Waals surface area (Å²) >= 11 is 5.32. The molecule has 8 heteroatoms. The van der Waals surface area contributed by atoms with E-state index in [4.69, 9.17) is 21.7 Å². The molecule has 0 radical (unpaired) electrons. The van der Waals surface area contributed by atoms with E-state index in [9.17, 15) is 4.79 Å². The Morgan fingerprint density at radius 3 is 2.77 bits per heavy atom. The van der Waals surface area contributed by atoms with Crippen LogP contribution in [0.25, 0.3) is 6.08 Å². The molecule has 0 unspecified atom stereocenters. The molecule has 1 amide bonds. The van der Waals surface area contributed by atoms with Crippen molar-refractivity contribution in [2.75, 3.05) is 14.2 Å². The first-order chi connectivity index (χ1) is 12.5. The summed E-state index contributed by atoms with van der Waals surface area (Å²) in [5.74, 6) is 1.11. The highest BCUT2D eigenvalue weighted by Gasteiger charge is 2.31. The Kier molecular flexibility index (Phi) is 5.22. The van der Waals surface area contributed by atoms with E-state index in [0.29, 0.717) is 28.9 Å². The fraction of sp³-hybridized carbons (Fsp3) is 0.278. The summed E-state index contributed by atoms with van der Waals surface area (Å²) in [5.41, 5.74) is 2.08. The Bertz CT molecular complexity index is 875. The van der Waals surface area contributed by atoms with Crippen LogP contribution in [0.1, 0.15) is 18.1 Å². The van der Waals surface area contributed by atoms with E-state index in [2.05, 4.69) is 10.4 Å². The van der Waals surface area contributed by atoms with Crippen molar-refractivity contribution in [3.05, 3.63) is 47.4 Å². The lowest BCUT2D eigenvalue weighted by Crippen LogP contribution is -2.29. The van der Waals surface area contributed by atoms with Crippen LogP contribution in [-0.4, -0.2) is 39.9 Å². The van der Waals surface area contributed by atoms with E-state index in [1.807, 2.05) is 29.9 Å². The Balaban J connectivity index is 1.83. The average Bonchev–Trinajstić information content (AvgIpc) is 3.22. The first-order valence-corrected chi connectivity index (χ1v) is 8.54. The lowest BCUT2D eigenvalue weighted by atomic mass is 10.1. The van der Waals surface area contributed by atoms with Gasteiger partial charge in [-0.25, -0.2) is 0 Å². The number of carbonyl (C=O) groups is 1. The number of hydrogen-bond donors (Lipinski definition) is 1. The maximum Gasteiger partial charge on any atom is 0.276 e. The minimum Gasteiger partial charge on any atom is -0.497 e. The summed E-state index contributed by atoms with van der Waals surface area (Å²) in [5, 5.41) is 7.58. The zero-order chi connectivity index (χ0) is 18.7. The van der Waals surface area contributed by atoms with Gasteiger partial charge in [-0.15, -0.1) is 0 Å². The SMILES string of the molecule is CCn1cc(CN2C(=O)/C(=C\c3ccc(OC)cc3OC)NC2=S)cn1. The van der Waals surface area contributed by atoms with Crippen LogP contribution in [0.2, 0.25) is 0 Å². The topological polar surface area (TPSA) is 68.6 Å². The van der Waals surface area contributed by atoms with E-state index in [-0.39, 0.29) is 5.91 Å². The fourth-order valence-corrected chi connectivity index (χ4v) is 2.91. The highest BCUT2D eigenvalue weighted by atomic mass is 32.1. The second-order valence-electron chi connectivity index (χ2n) is 5.69. The predicted molar refractivity (Wildman–Crippen MR) is 102 cm³/mol. The quantitative estimate of drug-likeness (QED) is 0.619. The third-order valence-corrected chi connectivity index (χ3v) is 4.38. The standard InChI is InChI=1S/C18H20N4O3S/c1-4-21-10-12(9-19-21)11-22-17(23)15(20-18(22)26)7-13-5-6-14(24-2)8-16(13)25-3/h5-10H,4,11H2,1-3H3,(H,20,26)/b15-7+. The van der Waals surface area contributed by atoms with E-state index >= 15 is 0 Å². The van der Waals surface area contributed by atoms with Crippen molar-refractivity contribution in [1.29, 1.82) is 0 Å². The monoisotopic (exact) mass is 372 g/mol. The number of aromatic nitrogens is 2. The van der Waals surface area contributed by atoms with Crippen molar-refractivity contribution >= 4 is 29.3 Å². The molecule has 3 rings (SSSR count). The minimum atomic E-state index is -0.183. The fourth-order valence-electron chi connectivity index (χ4n) is 2.65. The molecule has 1 aliphatic heterocycles. The van der Waals surface area contributed by atoms with Gasteiger partial charge < -0.3 is 14.8 Å². The molecule has 0 atom stereocenters. The van der Waals surface area contributed by atoms with Gasteiger partial charge in [0.1, 0.15) is 17.2 Å². The van der Waals surface area contributed by atoms with Crippen molar-refractivity contribution in [1.82, 2.24) is 20.0 Å². The number of carbonyl (C=O) groups excluding carboxylic acids is 1. The number of methoxy groups -OCH3 is 2. The maximum absolute atomic E-state index is 12.7. The molecule has 136 valence electrons. The number of nitrogens with zero attached hydrogens (tertiary/aromatic N) is 3. The van der Waals surface area contributed by atoms with E-state index in [0.717, 1.165) is 17.7 Å². The van der Waals surface area contributed by atoms with Crippen LogP contribution in [0.3, 0.4) is 0 Å². The van der Waals surface area contributed by atoms with E-state index < -0.39 is 0 Å². The molecule has 26 heavy (non-hydrogen) atoms. The van der Waals surface area contributed by atoms with Crippen LogP contribution < -0.4 is 14.8 Å². The summed E-state index contributed by atoms with van der Waals surface area (Å²) < 4.78 is 12.4. The van der Waals surface area contributed by atoms with E-state index in [1.165, 1.54) is 4.90 Å². The molecule has 0 bridgehead atoms. The van der Waals surface area contributed by atoms with Gasteiger partial charge in [0.05, 0.1) is 27.0 Å². The molecular weight excluding hydrogens is 352 g/mol. The Morgan fingerprint density at radius 2 is 2.12 bits per heavy atom. The third kappa shape index (κ3) is 3.55. The zero-order valence-electron chi connectivity index (χ0n) is 14.9. The van der Waals surface area contributed by atoms with Crippen molar-refractivity contribution in [2.24, 2.45) is 0 Å². The lowest BCUT2D eigenvalue weighted by molar-refractivity contribution is -0.122. The second kappa shape index (κ2) is 7.57. The largest absolute Gasteiger partial charge is 0.497 e. The highest BCUT2D eigenvalue weighted by molar-refractivity contribution is 7.80. The number of benzene rings is 1. The van der Waals surface area contributed by atoms with Crippen LogP contribution in [0.5, 0.6) is 11.5 Å². The van der Waals surface area contributed by atoms with Gasteiger partial charge in [0, 0.05) is 29.9 Å². The van der Waals surface area contributed by atoms with Crippen LogP contribution in [0, 0.1) is 0 Å². The molecule has 7 nitrogen and oxygen atoms in total. The first-order valence-electron chi connectivity index (χ1n) is 8.13. The van der Waals surface area contributed by atoms with Gasteiger partial charge in [0.15, 0.2) is 5.11 Å². The van der Waals surface area contributed by atoms with Crippen LogP contribution in [0.4, 0.5) is 0 Å². The number of nitrogens with one attached hydrogen (secondary N) is 1. The third-order valence-electron chi connectivity index (χ3n) is 4.05. The minimum absolute atomic E-state index is 0.183. The molecule has 0 saturated carbocycles. The van der Waals surface area contributed by atoms with Crippen molar-refractivity contribution in [3.8, 4) is 11.5 Å². The molecule has 0 aliphatic carbocycles. The summed E-state index contributed by atoms with van der Waals surface area (Å²) in [6.07, 6.45) is 5.38. The highest BCUT2D eigenvalue weighted by Crippen LogP contribution is 2.27. The van der Waals surface area contributed by atoms with Gasteiger partial charge in [-0.3, -0.25) is 14.4 Å². The van der Waals surface area contributed by atoms with Crippen LogP contribution in [0.15, 0.2) is 36.3 Å². The van der Waals surface area contributed by atoms with Gasteiger partial charge in [-0.2, -0.15) is 5.10 Å². The average molecular weight is 372 g/mol. The molecule has 1 aromatic heterocycles. The molecule has 1 aliphatic rings. The van der Waals surface area contributed by atoms with Crippen molar-refractivity contribution in [3.63, 3.8) is 0 Å². The van der Waals surface area contributed by atoms with Gasteiger partial charge in [-0.05, 0) is 37.4 Å². The molecule has 1 aromatic carbocycles. The maximum atomic E-state index is 12.7. The predicted octanol–water partition coefficient (Wildman–Crippen LogP) is 2.18. The summed E-state index contributed by atoms with van der Waals surface area (Å²) in [6.45, 7) is 3.16. The van der Waals surface area contributed by atoms with Crippen LogP contribution >= 0.6 is 12.2 Å². The Morgan fingerprint density at radius 1 is 1.31 bits per heavy atom. The molecule has 0 spiro atoms. The van der Waals surface area contributed by atoms with Gasteiger partial charge >= 0.3 is 0 Å². The number of amides is 1. The normalized spacial score (nSPS) is 15.5. The summed E-state index contributed by atoms with van der Waals surface area (Å²) in [4.78, 5) is 14.3. The Hall–Kier alpha value is -2.87. The molecule has 2 aromatic rings. The smallest absolute Gasteiger partial charge is 0.276 e. The van der Waals surface area contributed by atoms with Gasteiger partial charge in [0.2, 0.25) is 0 Å². The summed E-state index contributed by atoms with van der Waals surface area (Å²) in [6, 6.07) is 5.40. The first kappa shape index (κ1) is 17.9. The number of thiocarbonyl (C=S) groups is 1. The second-order valence-corrected chi connectivity index (χ2v) is 6.08. The Labute approximate surface area is 157 Å². The zero-order valence-corrected chi connectivity index (χ0v) is 15.7. The van der Waals surface area contributed by atoms with Crippen molar-refractivity contribution in [2.45, 2.75) is 20.0 Å². The van der Waals surface area contributed by atoms with Crippen LogP contribution in [-0.2, 0) is 17.9 Å².